The minimum Gasteiger partial charge on any atom is -0.444 e. The topological polar surface area (TPSA) is 63.2 Å². The SMILES string of the molecule is CC(C)(C)OC(=O)Nc1ccc(Cl)c(C(NSC2CC2)c2cc3cccc(Br)c3s2)n1. The van der Waals surface area contributed by atoms with Crippen molar-refractivity contribution >= 4 is 72.8 Å². The number of amides is 1. The van der Waals surface area contributed by atoms with Crippen molar-refractivity contribution in [3.05, 3.63) is 56.5 Å². The molecule has 1 aliphatic carbocycles. The van der Waals surface area contributed by atoms with E-state index in [9.17, 15) is 4.79 Å². The standard InChI is InChI=1S/C22H23BrClN3O2S2/c1-22(2,3)29-21(28)26-17-10-9-15(24)18(25-17)19(27-31-13-7-8-13)16-11-12-5-4-6-14(23)20(12)30-16/h4-6,9-11,13,19,27H,7-8H2,1-3H3,(H,25,26,28). The van der Waals surface area contributed by atoms with Crippen molar-refractivity contribution in [1.82, 2.24) is 9.71 Å². The lowest BCUT2D eigenvalue weighted by molar-refractivity contribution is 0.0635. The number of fused-ring (bicyclic) bond motifs is 1. The van der Waals surface area contributed by atoms with Crippen LogP contribution >= 0.6 is 50.8 Å². The summed E-state index contributed by atoms with van der Waals surface area (Å²) in [5.74, 6) is 0.402. The molecule has 2 N–H and O–H groups in total. The van der Waals surface area contributed by atoms with Gasteiger partial charge >= 0.3 is 6.09 Å². The summed E-state index contributed by atoms with van der Waals surface area (Å²) in [6.45, 7) is 5.46. The van der Waals surface area contributed by atoms with Crippen molar-refractivity contribution in [3.63, 3.8) is 0 Å². The van der Waals surface area contributed by atoms with Crippen LogP contribution in [0.15, 0.2) is 40.9 Å². The van der Waals surface area contributed by atoms with Crippen molar-refractivity contribution in [2.24, 2.45) is 0 Å². The summed E-state index contributed by atoms with van der Waals surface area (Å²) < 4.78 is 11.2. The number of nitrogens with one attached hydrogen (secondary N) is 2. The third kappa shape index (κ3) is 5.93. The highest BCUT2D eigenvalue weighted by Crippen LogP contribution is 2.41. The van der Waals surface area contributed by atoms with E-state index in [-0.39, 0.29) is 6.04 Å². The van der Waals surface area contributed by atoms with Crippen LogP contribution in [0.5, 0.6) is 0 Å². The second kappa shape index (κ2) is 9.27. The number of carbonyl (C=O) groups is 1. The first-order chi connectivity index (χ1) is 14.7. The summed E-state index contributed by atoms with van der Waals surface area (Å²) in [7, 11) is 0. The number of thiophene rings is 1. The molecule has 1 saturated carbocycles. The van der Waals surface area contributed by atoms with Crippen molar-refractivity contribution < 1.29 is 9.53 Å². The molecule has 9 heteroatoms. The van der Waals surface area contributed by atoms with Crippen LogP contribution in [0.1, 0.15) is 50.2 Å². The van der Waals surface area contributed by atoms with Crippen molar-refractivity contribution in [2.45, 2.75) is 50.5 Å². The van der Waals surface area contributed by atoms with Crippen molar-refractivity contribution in [2.75, 3.05) is 5.32 Å². The van der Waals surface area contributed by atoms with Crippen LogP contribution in [-0.4, -0.2) is 21.9 Å². The minimum absolute atomic E-state index is 0.206. The number of benzene rings is 1. The van der Waals surface area contributed by atoms with Crippen LogP contribution in [-0.2, 0) is 4.74 Å². The van der Waals surface area contributed by atoms with Gasteiger partial charge in [0.1, 0.15) is 11.4 Å². The fourth-order valence-corrected chi connectivity index (χ4v) is 5.90. The van der Waals surface area contributed by atoms with Crippen molar-refractivity contribution in [3.8, 4) is 0 Å². The lowest BCUT2D eigenvalue weighted by Crippen LogP contribution is -2.27. The van der Waals surface area contributed by atoms with Gasteiger partial charge in [-0.25, -0.2) is 14.5 Å². The molecular weight excluding hydrogens is 518 g/mol. The Morgan fingerprint density at radius 2 is 2.10 bits per heavy atom. The van der Waals surface area contributed by atoms with Crippen LogP contribution in [0, 0.1) is 0 Å². The molecule has 4 rings (SSSR count). The Hall–Kier alpha value is -1.32. The van der Waals surface area contributed by atoms with E-state index in [2.05, 4.69) is 43.1 Å². The average Bonchev–Trinajstić information content (AvgIpc) is 3.40. The van der Waals surface area contributed by atoms with E-state index >= 15 is 0 Å². The first-order valence-electron chi connectivity index (χ1n) is 9.95. The number of anilines is 1. The van der Waals surface area contributed by atoms with Crippen molar-refractivity contribution in [1.29, 1.82) is 0 Å². The number of aromatic nitrogens is 1. The molecule has 5 nitrogen and oxygen atoms in total. The maximum Gasteiger partial charge on any atom is 0.413 e. The van der Waals surface area contributed by atoms with Gasteiger partial charge in [0, 0.05) is 19.3 Å². The van der Waals surface area contributed by atoms with Gasteiger partial charge in [0.2, 0.25) is 0 Å². The molecule has 0 bridgehead atoms. The van der Waals surface area contributed by atoms with E-state index in [1.807, 2.05) is 32.9 Å². The maximum absolute atomic E-state index is 12.2. The molecule has 2 heterocycles. The number of pyridine rings is 1. The number of nitrogens with zero attached hydrogens (tertiary/aromatic N) is 1. The molecule has 31 heavy (non-hydrogen) atoms. The molecule has 1 fully saturated rings. The monoisotopic (exact) mass is 539 g/mol. The quantitative estimate of drug-likeness (QED) is 0.316. The molecule has 1 atom stereocenters. The predicted octanol–water partition coefficient (Wildman–Crippen LogP) is 7.55. The van der Waals surface area contributed by atoms with Crippen LogP contribution in [0.3, 0.4) is 0 Å². The second-order valence-electron chi connectivity index (χ2n) is 8.37. The molecule has 164 valence electrons. The highest BCUT2D eigenvalue weighted by molar-refractivity contribution is 9.10. The molecule has 1 amide bonds. The molecule has 0 aliphatic heterocycles. The fourth-order valence-electron chi connectivity index (χ4n) is 2.93. The van der Waals surface area contributed by atoms with E-state index in [0.717, 1.165) is 14.7 Å². The number of rotatable bonds is 6. The number of halogens is 2. The van der Waals surface area contributed by atoms with E-state index in [1.54, 1.807) is 35.4 Å². The molecule has 1 aliphatic rings. The van der Waals surface area contributed by atoms with Gasteiger partial charge in [-0.15, -0.1) is 11.3 Å². The summed E-state index contributed by atoms with van der Waals surface area (Å²) in [6.07, 6.45) is 1.88. The summed E-state index contributed by atoms with van der Waals surface area (Å²) in [5, 5.41) is 5.04. The first kappa shape index (κ1) is 22.9. The average molecular weight is 541 g/mol. The van der Waals surface area contributed by atoms with Gasteiger partial charge in [0.05, 0.1) is 16.8 Å². The summed E-state index contributed by atoms with van der Waals surface area (Å²) in [5.41, 5.74) is 0.0838. The molecule has 0 saturated heterocycles. The molecule has 1 unspecified atom stereocenters. The highest BCUT2D eigenvalue weighted by atomic mass is 79.9. The zero-order valence-electron chi connectivity index (χ0n) is 17.4. The normalized spacial score (nSPS) is 15.1. The van der Waals surface area contributed by atoms with Crippen LogP contribution < -0.4 is 10.0 Å². The van der Waals surface area contributed by atoms with Gasteiger partial charge < -0.3 is 4.74 Å². The predicted molar refractivity (Wildman–Crippen MR) is 134 cm³/mol. The Kier molecular flexibility index (Phi) is 6.84. The Bertz CT molecular complexity index is 1110. The Morgan fingerprint density at radius 3 is 2.77 bits per heavy atom. The van der Waals surface area contributed by atoms with E-state index < -0.39 is 11.7 Å². The fraction of sp³-hybridized carbons (Fsp3) is 0.364. The van der Waals surface area contributed by atoms with E-state index in [0.29, 0.717) is 21.8 Å². The first-order valence-corrected chi connectivity index (χ1v) is 12.8. The Labute approximate surface area is 203 Å². The number of carbonyl (C=O) groups excluding carboxylic acids is 1. The molecular formula is C22H23BrClN3O2S2. The third-order valence-electron chi connectivity index (χ3n) is 4.45. The summed E-state index contributed by atoms with van der Waals surface area (Å²) in [6, 6.07) is 11.6. The largest absolute Gasteiger partial charge is 0.444 e. The van der Waals surface area contributed by atoms with Gasteiger partial charge in [0.25, 0.3) is 0 Å². The Balaban J connectivity index is 1.66. The third-order valence-corrected chi connectivity index (χ3v) is 8.12. The van der Waals surface area contributed by atoms with Gasteiger partial charge in [0.15, 0.2) is 0 Å². The molecule has 0 radical (unpaired) electrons. The summed E-state index contributed by atoms with van der Waals surface area (Å²) in [4.78, 5) is 18.0. The number of hydrogen-bond donors (Lipinski definition) is 2. The lowest BCUT2D eigenvalue weighted by Gasteiger charge is -2.21. The van der Waals surface area contributed by atoms with Gasteiger partial charge in [-0.2, -0.15) is 0 Å². The molecule has 0 spiro atoms. The second-order valence-corrected chi connectivity index (χ2v) is 11.8. The van der Waals surface area contributed by atoms with Crippen LogP contribution in [0.4, 0.5) is 10.6 Å². The molecule has 3 aromatic rings. The van der Waals surface area contributed by atoms with E-state index in [1.165, 1.54) is 17.5 Å². The number of ether oxygens (including phenoxy) is 1. The maximum atomic E-state index is 12.2. The van der Waals surface area contributed by atoms with Gasteiger partial charge in [-0.1, -0.05) is 35.7 Å². The molecule has 1 aromatic carbocycles. The minimum atomic E-state index is -0.588. The van der Waals surface area contributed by atoms with Crippen LogP contribution in [0.25, 0.3) is 10.1 Å². The van der Waals surface area contributed by atoms with E-state index in [4.69, 9.17) is 16.3 Å². The Morgan fingerprint density at radius 1 is 1.32 bits per heavy atom. The smallest absolute Gasteiger partial charge is 0.413 e. The van der Waals surface area contributed by atoms with Gasteiger partial charge in [-0.05, 0) is 79.2 Å². The molecule has 2 aromatic heterocycles. The summed E-state index contributed by atoms with van der Waals surface area (Å²) >= 11 is 13.7. The zero-order chi connectivity index (χ0) is 22.2. The highest BCUT2D eigenvalue weighted by Gasteiger charge is 2.28. The zero-order valence-corrected chi connectivity index (χ0v) is 21.3. The van der Waals surface area contributed by atoms with Crippen LogP contribution in [0.2, 0.25) is 5.02 Å². The lowest BCUT2D eigenvalue weighted by atomic mass is 10.1. The number of hydrogen-bond acceptors (Lipinski definition) is 6. The van der Waals surface area contributed by atoms with Gasteiger partial charge in [-0.3, -0.25) is 5.32 Å².